The van der Waals surface area contributed by atoms with Gasteiger partial charge in [0.1, 0.15) is 6.04 Å². The van der Waals surface area contributed by atoms with Crippen LogP contribution in [0.2, 0.25) is 0 Å². The number of carbonyl (C=O) groups is 2. The Morgan fingerprint density at radius 2 is 1.88 bits per heavy atom. The Labute approximate surface area is 100 Å². The predicted molar refractivity (Wildman–Crippen MR) is 64.8 cm³/mol. The van der Waals surface area contributed by atoms with Crippen LogP contribution in [0.5, 0.6) is 0 Å². The summed E-state index contributed by atoms with van der Waals surface area (Å²) in [6, 6.07) is 8.00. The van der Waals surface area contributed by atoms with Gasteiger partial charge in [-0.25, -0.2) is 0 Å². The first-order valence-corrected chi connectivity index (χ1v) is 5.40. The number of rotatable bonds is 5. The fourth-order valence-electron chi connectivity index (χ4n) is 1.50. The van der Waals surface area contributed by atoms with Crippen LogP contribution in [-0.2, 0) is 9.59 Å². The summed E-state index contributed by atoms with van der Waals surface area (Å²) in [6.45, 7) is 1.71. The molecule has 5 N–H and O–H groups in total. The van der Waals surface area contributed by atoms with E-state index in [1.807, 2.05) is 18.2 Å². The second-order valence-corrected chi connectivity index (χ2v) is 3.97. The lowest BCUT2D eigenvalue weighted by molar-refractivity contribution is -0.123. The summed E-state index contributed by atoms with van der Waals surface area (Å²) >= 11 is 0. The van der Waals surface area contributed by atoms with Gasteiger partial charge in [0.15, 0.2) is 0 Å². The van der Waals surface area contributed by atoms with E-state index in [4.69, 9.17) is 11.5 Å². The molecular formula is C12H17N3O2. The second-order valence-electron chi connectivity index (χ2n) is 3.97. The van der Waals surface area contributed by atoms with Crippen molar-refractivity contribution >= 4 is 11.8 Å². The largest absolute Gasteiger partial charge is 0.370 e. The third-order valence-electron chi connectivity index (χ3n) is 2.34. The maximum Gasteiger partial charge on any atom is 0.241 e. The Bertz CT molecular complexity index is 392. The molecule has 1 aromatic rings. The zero-order chi connectivity index (χ0) is 12.8. The Kier molecular flexibility index (Phi) is 4.66. The molecule has 0 spiro atoms. The molecular weight excluding hydrogens is 218 g/mol. The molecule has 0 aliphatic carbocycles. The van der Waals surface area contributed by atoms with E-state index in [0.717, 1.165) is 5.56 Å². The van der Waals surface area contributed by atoms with Crippen molar-refractivity contribution in [2.45, 2.75) is 25.4 Å². The van der Waals surface area contributed by atoms with E-state index in [1.54, 1.807) is 19.1 Å². The summed E-state index contributed by atoms with van der Waals surface area (Å²) in [5, 5.41) is 2.64. The number of hydrogen-bond donors (Lipinski definition) is 3. The van der Waals surface area contributed by atoms with E-state index in [9.17, 15) is 9.59 Å². The number of primary amides is 1. The fraction of sp³-hybridized carbons (Fsp3) is 0.333. The van der Waals surface area contributed by atoms with Gasteiger partial charge in [0.05, 0.1) is 0 Å². The van der Waals surface area contributed by atoms with Crippen LogP contribution in [0.4, 0.5) is 0 Å². The molecule has 5 heteroatoms. The minimum Gasteiger partial charge on any atom is -0.370 e. The van der Waals surface area contributed by atoms with Crippen LogP contribution in [0.3, 0.4) is 0 Å². The van der Waals surface area contributed by atoms with Crippen LogP contribution in [0.1, 0.15) is 24.9 Å². The number of amides is 2. The van der Waals surface area contributed by atoms with Crippen molar-refractivity contribution in [3.63, 3.8) is 0 Å². The standard InChI is InChI=1S/C12H17N3O2/c1-8(7-10(13)16)15-12(17)11(14)9-5-3-2-4-6-9/h2-6,8,11H,7,14H2,1H3,(H2,13,16)(H,15,17). The summed E-state index contributed by atoms with van der Waals surface area (Å²) in [7, 11) is 0. The highest BCUT2D eigenvalue weighted by atomic mass is 16.2. The normalized spacial score (nSPS) is 13.8. The number of hydrogen-bond acceptors (Lipinski definition) is 3. The summed E-state index contributed by atoms with van der Waals surface area (Å²) in [5.74, 6) is -0.768. The lowest BCUT2D eigenvalue weighted by Crippen LogP contribution is -2.41. The topological polar surface area (TPSA) is 98.2 Å². The fourth-order valence-corrected chi connectivity index (χ4v) is 1.50. The SMILES string of the molecule is CC(CC(N)=O)NC(=O)C(N)c1ccccc1. The first-order chi connectivity index (χ1) is 8.00. The molecule has 0 heterocycles. The maximum absolute atomic E-state index is 11.7. The van der Waals surface area contributed by atoms with Gasteiger partial charge < -0.3 is 16.8 Å². The molecule has 0 aliphatic rings. The van der Waals surface area contributed by atoms with Gasteiger partial charge in [-0.3, -0.25) is 9.59 Å². The smallest absolute Gasteiger partial charge is 0.241 e. The van der Waals surface area contributed by atoms with Crippen LogP contribution < -0.4 is 16.8 Å². The Hall–Kier alpha value is -1.88. The quantitative estimate of drug-likeness (QED) is 0.673. The molecule has 2 unspecified atom stereocenters. The van der Waals surface area contributed by atoms with Gasteiger partial charge >= 0.3 is 0 Å². The first kappa shape index (κ1) is 13.2. The van der Waals surface area contributed by atoms with E-state index < -0.39 is 11.9 Å². The monoisotopic (exact) mass is 235 g/mol. The maximum atomic E-state index is 11.7. The van der Waals surface area contributed by atoms with Crippen molar-refractivity contribution in [3.05, 3.63) is 35.9 Å². The molecule has 0 aliphatic heterocycles. The summed E-state index contributed by atoms with van der Waals surface area (Å²) in [6.07, 6.45) is 0.104. The van der Waals surface area contributed by atoms with Crippen molar-refractivity contribution in [1.82, 2.24) is 5.32 Å². The molecule has 0 saturated carbocycles. The Morgan fingerprint density at radius 1 is 1.29 bits per heavy atom. The number of nitrogens with one attached hydrogen (secondary N) is 1. The van der Waals surface area contributed by atoms with E-state index in [2.05, 4.69) is 5.32 Å². The third kappa shape index (κ3) is 4.24. The van der Waals surface area contributed by atoms with Crippen molar-refractivity contribution in [2.24, 2.45) is 11.5 Å². The van der Waals surface area contributed by atoms with Gasteiger partial charge in [0.25, 0.3) is 0 Å². The van der Waals surface area contributed by atoms with Gasteiger partial charge in [0, 0.05) is 12.5 Å². The van der Waals surface area contributed by atoms with Crippen LogP contribution in [-0.4, -0.2) is 17.9 Å². The average molecular weight is 235 g/mol. The van der Waals surface area contributed by atoms with Gasteiger partial charge in [-0.15, -0.1) is 0 Å². The summed E-state index contributed by atoms with van der Waals surface area (Å²) in [4.78, 5) is 22.4. The number of nitrogens with two attached hydrogens (primary N) is 2. The molecule has 92 valence electrons. The van der Waals surface area contributed by atoms with Crippen LogP contribution in [0.25, 0.3) is 0 Å². The van der Waals surface area contributed by atoms with Crippen molar-refractivity contribution < 1.29 is 9.59 Å². The highest BCUT2D eigenvalue weighted by Gasteiger charge is 2.17. The molecule has 17 heavy (non-hydrogen) atoms. The minimum atomic E-state index is -0.730. The van der Waals surface area contributed by atoms with Gasteiger partial charge in [-0.05, 0) is 12.5 Å². The van der Waals surface area contributed by atoms with Crippen LogP contribution in [0.15, 0.2) is 30.3 Å². The minimum absolute atomic E-state index is 0.104. The predicted octanol–water partition coefficient (Wildman–Crippen LogP) is 0.0665. The van der Waals surface area contributed by atoms with Gasteiger partial charge in [-0.2, -0.15) is 0 Å². The van der Waals surface area contributed by atoms with Crippen LogP contribution >= 0.6 is 0 Å². The van der Waals surface area contributed by atoms with Gasteiger partial charge in [-0.1, -0.05) is 30.3 Å². The highest BCUT2D eigenvalue weighted by molar-refractivity contribution is 5.84. The average Bonchev–Trinajstić information content (AvgIpc) is 2.28. The van der Waals surface area contributed by atoms with Gasteiger partial charge in [0.2, 0.25) is 11.8 Å². The molecule has 0 saturated heterocycles. The number of carbonyl (C=O) groups excluding carboxylic acids is 2. The second kappa shape index (κ2) is 6.00. The lowest BCUT2D eigenvalue weighted by atomic mass is 10.1. The summed E-state index contributed by atoms with van der Waals surface area (Å²) in [5.41, 5.74) is 11.6. The van der Waals surface area contributed by atoms with Crippen LogP contribution in [0, 0.1) is 0 Å². The molecule has 0 aromatic heterocycles. The molecule has 0 fully saturated rings. The van der Waals surface area contributed by atoms with E-state index in [1.165, 1.54) is 0 Å². The van der Waals surface area contributed by atoms with Crippen molar-refractivity contribution in [3.8, 4) is 0 Å². The van der Waals surface area contributed by atoms with Crippen molar-refractivity contribution in [2.75, 3.05) is 0 Å². The molecule has 2 atom stereocenters. The molecule has 2 amide bonds. The molecule has 5 nitrogen and oxygen atoms in total. The van der Waals surface area contributed by atoms with E-state index in [-0.39, 0.29) is 18.4 Å². The van der Waals surface area contributed by atoms with Crippen molar-refractivity contribution in [1.29, 1.82) is 0 Å². The Morgan fingerprint density at radius 3 is 2.41 bits per heavy atom. The molecule has 1 rings (SSSR count). The van der Waals surface area contributed by atoms with E-state index >= 15 is 0 Å². The lowest BCUT2D eigenvalue weighted by Gasteiger charge is -2.16. The number of benzene rings is 1. The molecule has 0 radical (unpaired) electrons. The first-order valence-electron chi connectivity index (χ1n) is 5.40. The van der Waals surface area contributed by atoms with E-state index in [0.29, 0.717) is 0 Å². The molecule has 0 bridgehead atoms. The zero-order valence-corrected chi connectivity index (χ0v) is 9.72. The third-order valence-corrected chi connectivity index (χ3v) is 2.34. The highest BCUT2D eigenvalue weighted by Crippen LogP contribution is 2.09. The summed E-state index contributed by atoms with van der Waals surface area (Å²) < 4.78 is 0. The molecule has 1 aromatic carbocycles. The zero-order valence-electron chi connectivity index (χ0n) is 9.72. The Balaban J connectivity index is 2.56.